The average Bonchev–Trinajstić information content (AvgIpc) is 2.63. The molecule has 1 saturated heterocycles. The first-order valence-corrected chi connectivity index (χ1v) is 11.6. The van der Waals surface area contributed by atoms with Crippen LogP contribution in [-0.2, 0) is 0 Å². The van der Waals surface area contributed by atoms with Crippen LogP contribution in [0.1, 0.15) is 75.3 Å². The van der Waals surface area contributed by atoms with E-state index in [-0.39, 0.29) is 8.80 Å². The SMILES string of the molecule is CCCC1CCC([Si]2CCC(c3ccc(C#N)cc3)CC2)CC1. The maximum atomic E-state index is 8.92. The topological polar surface area (TPSA) is 23.8 Å². The molecule has 0 N–H and O–H groups in total. The predicted octanol–water partition coefficient (Wildman–Crippen LogP) is 6.29. The molecule has 1 aromatic rings. The van der Waals surface area contributed by atoms with Crippen molar-refractivity contribution in [2.75, 3.05) is 0 Å². The Hall–Kier alpha value is -1.07. The van der Waals surface area contributed by atoms with E-state index in [0.717, 1.165) is 22.9 Å². The van der Waals surface area contributed by atoms with Gasteiger partial charge in [-0.25, -0.2) is 0 Å². The van der Waals surface area contributed by atoms with Crippen molar-refractivity contribution in [1.82, 2.24) is 0 Å². The van der Waals surface area contributed by atoms with Crippen LogP contribution < -0.4 is 0 Å². The summed E-state index contributed by atoms with van der Waals surface area (Å²) in [6.07, 6.45) is 11.8. The zero-order valence-electron chi connectivity index (χ0n) is 14.6. The fraction of sp³-hybridized carbons (Fsp3) is 0.667. The van der Waals surface area contributed by atoms with Gasteiger partial charge in [-0.2, -0.15) is 5.26 Å². The molecule has 1 aliphatic carbocycles. The summed E-state index contributed by atoms with van der Waals surface area (Å²) in [7, 11) is -0.0910. The van der Waals surface area contributed by atoms with E-state index in [1.807, 2.05) is 12.1 Å². The van der Waals surface area contributed by atoms with Crippen LogP contribution in [0.2, 0.25) is 17.6 Å². The maximum Gasteiger partial charge on any atom is 0.0991 e. The fourth-order valence-corrected chi connectivity index (χ4v) is 8.48. The van der Waals surface area contributed by atoms with Crippen molar-refractivity contribution in [2.45, 2.75) is 81.8 Å². The van der Waals surface area contributed by atoms with Crippen molar-refractivity contribution in [2.24, 2.45) is 5.92 Å². The third-order valence-corrected chi connectivity index (χ3v) is 9.85. The number of rotatable bonds is 4. The van der Waals surface area contributed by atoms with Gasteiger partial charge in [0.25, 0.3) is 0 Å². The molecule has 0 aromatic heterocycles. The second-order valence-corrected chi connectivity index (χ2v) is 10.8. The Balaban J connectivity index is 1.48. The Morgan fingerprint density at radius 3 is 2.22 bits per heavy atom. The van der Waals surface area contributed by atoms with Crippen LogP contribution in [0.3, 0.4) is 0 Å². The monoisotopic (exact) mass is 324 g/mol. The molecule has 0 bridgehead atoms. The van der Waals surface area contributed by atoms with Gasteiger partial charge in [0.2, 0.25) is 0 Å². The molecule has 0 atom stereocenters. The van der Waals surface area contributed by atoms with Gasteiger partial charge in [0.1, 0.15) is 0 Å². The Morgan fingerprint density at radius 1 is 1.00 bits per heavy atom. The van der Waals surface area contributed by atoms with Crippen molar-refractivity contribution in [3.05, 3.63) is 35.4 Å². The smallest absolute Gasteiger partial charge is 0.0991 e. The van der Waals surface area contributed by atoms with E-state index in [9.17, 15) is 0 Å². The largest absolute Gasteiger partial charge is 0.192 e. The van der Waals surface area contributed by atoms with Crippen LogP contribution in [0, 0.1) is 17.2 Å². The van der Waals surface area contributed by atoms with E-state index in [4.69, 9.17) is 5.26 Å². The minimum Gasteiger partial charge on any atom is -0.192 e. The predicted molar refractivity (Wildman–Crippen MR) is 99.1 cm³/mol. The minimum atomic E-state index is -0.0910. The molecule has 1 nitrogen and oxygen atoms in total. The van der Waals surface area contributed by atoms with Crippen LogP contribution in [0.4, 0.5) is 0 Å². The molecule has 123 valence electrons. The van der Waals surface area contributed by atoms with Gasteiger partial charge in [-0.1, -0.05) is 69.7 Å². The number of benzene rings is 1. The molecule has 0 amide bonds. The summed E-state index contributed by atoms with van der Waals surface area (Å²) >= 11 is 0. The third kappa shape index (κ3) is 4.26. The molecule has 3 rings (SSSR count). The second-order valence-electron chi connectivity index (χ2n) is 7.67. The van der Waals surface area contributed by atoms with Gasteiger partial charge in [-0.3, -0.25) is 0 Å². The van der Waals surface area contributed by atoms with Crippen LogP contribution in [0.25, 0.3) is 0 Å². The summed E-state index contributed by atoms with van der Waals surface area (Å²) in [4.78, 5) is 0. The molecule has 0 unspecified atom stereocenters. The van der Waals surface area contributed by atoms with Gasteiger partial charge in [-0.15, -0.1) is 0 Å². The summed E-state index contributed by atoms with van der Waals surface area (Å²) in [5, 5.41) is 8.92. The lowest BCUT2D eigenvalue weighted by Crippen LogP contribution is -2.29. The molecule has 1 aliphatic heterocycles. The highest BCUT2D eigenvalue weighted by atomic mass is 28.3. The lowest BCUT2D eigenvalue weighted by atomic mass is 9.86. The van der Waals surface area contributed by atoms with Crippen molar-refractivity contribution in [3.8, 4) is 6.07 Å². The van der Waals surface area contributed by atoms with Crippen LogP contribution in [0.15, 0.2) is 24.3 Å². The quantitative estimate of drug-likeness (QED) is 0.597. The summed E-state index contributed by atoms with van der Waals surface area (Å²) < 4.78 is 0. The van der Waals surface area contributed by atoms with E-state index in [1.54, 1.807) is 12.8 Å². The second kappa shape index (κ2) is 8.15. The number of nitrogens with zero attached hydrogens (tertiary/aromatic N) is 1. The van der Waals surface area contributed by atoms with E-state index in [1.165, 1.54) is 56.2 Å². The highest BCUT2D eigenvalue weighted by Gasteiger charge is 2.32. The highest BCUT2D eigenvalue weighted by Crippen LogP contribution is 2.43. The fourth-order valence-electron chi connectivity index (χ4n) is 4.83. The molecule has 1 saturated carbocycles. The molecular formula is C21H30NSi. The molecule has 2 fully saturated rings. The van der Waals surface area contributed by atoms with E-state index >= 15 is 0 Å². The van der Waals surface area contributed by atoms with Crippen molar-refractivity contribution < 1.29 is 0 Å². The molecule has 23 heavy (non-hydrogen) atoms. The van der Waals surface area contributed by atoms with Gasteiger partial charge < -0.3 is 0 Å². The Bertz CT molecular complexity index is 514. The van der Waals surface area contributed by atoms with E-state index < -0.39 is 0 Å². The van der Waals surface area contributed by atoms with Gasteiger partial charge in [0.15, 0.2) is 0 Å². The standard InChI is InChI=1S/C21H30NSi/c1-2-3-17-6-10-21(11-7-17)23-14-12-20(13-15-23)19-8-4-18(16-22)5-9-19/h4-5,8-9,17,20-21H,2-3,6-7,10-15H2,1H3. The molecule has 2 heteroatoms. The first kappa shape index (κ1) is 16.8. The Kier molecular flexibility index (Phi) is 5.95. The van der Waals surface area contributed by atoms with Crippen LogP contribution >= 0.6 is 0 Å². The Labute approximate surface area is 143 Å². The number of hydrogen-bond donors (Lipinski definition) is 0. The number of hydrogen-bond acceptors (Lipinski definition) is 1. The van der Waals surface area contributed by atoms with Gasteiger partial charge >= 0.3 is 0 Å². The summed E-state index contributed by atoms with van der Waals surface area (Å²) in [6, 6.07) is 13.6. The molecule has 0 spiro atoms. The molecule has 1 radical (unpaired) electrons. The normalized spacial score (nSPS) is 26.8. The summed E-state index contributed by atoms with van der Waals surface area (Å²) in [6.45, 7) is 2.34. The lowest BCUT2D eigenvalue weighted by Gasteiger charge is -2.37. The summed E-state index contributed by atoms with van der Waals surface area (Å²) in [5.41, 5.74) is 3.38. The van der Waals surface area contributed by atoms with E-state index in [0.29, 0.717) is 0 Å². The third-order valence-electron chi connectivity index (χ3n) is 6.26. The van der Waals surface area contributed by atoms with Crippen molar-refractivity contribution >= 4 is 8.80 Å². The molecule has 1 aromatic carbocycles. The number of nitriles is 1. The van der Waals surface area contributed by atoms with Crippen molar-refractivity contribution in [1.29, 1.82) is 5.26 Å². The van der Waals surface area contributed by atoms with E-state index in [2.05, 4.69) is 25.1 Å². The van der Waals surface area contributed by atoms with Crippen molar-refractivity contribution in [3.63, 3.8) is 0 Å². The van der Waals surface area contributed by atoms with Crippen LogP contribution in [-0.4, -0.2) is 8.80 Å². The van der Waals surface area contributed by atoms with Gasteiger partial charge in [0.05, 0.1) is 20.4 Å². The zero-order chi connectivity index (χ0) is 16.1. The summed E-state index contributed by atoms with van der Waals surface area (Å²) in [5.74, 6) is 1.81. The minimum absolute atomic E-state index is 0.0910. The molecule has 2 aliphatic rings. The average molecular weight is 325 g/mol. The van der Waals surface area contributed by atoms with Crippen LogP contribution in [0.5, 0.6) is 0 Å². The lowest BCUT2D eigenvalue weighted by molar-refractivity contribution is 0.332. The Morgan fingerprint density at radius 2 is 1.65 bits per heavy atom. The first-order valence-electron chi connectivity index (χ1n) is 9.64. The zero-order valence-corrected chi connectivity index (χ0v) is 15.6. The molecular weight excluding hydrogens is 294 g/mol. The molecule has 1 heterocycles. The van der Waals surface area contributed by atoms with Gasteiger partial charge in [0, 0.05) is 0 Å². The first-order chi connectivity index (χ1) is 11.3. The maximum absolute atomic E-state index is 8.92. The highest BCUT2D eigenvalue weighted by molar-refractivity contribution is 6.60. The van der Waals surface area contributed by atoms with Gasteiger partial charge in [-0.05, 0) is 47.9 Å².